The van der Waals surface area contributed by atoms with Gasteiger partial charge in [0.05, 0.1) is 12.2 Å². The molecule has 5 aliphatic rings. The number of aliphatic hydroxyl groups excluding tert-OH is 3. The molecular weight excluding hydrogens is 421 g/mol. The van der Waals surface area contributed by atoms with Crippen molar-refractivity contribution < 1.29 is 24.5 Å². The van der Waals surface area contributed by atoms with Gasteiger partial charge < -0.3 is 20.2 Å². The second-order valence-electron chi connectivity index (χ2n) is 12.6. The minimum absolute atomic E-state index is 0.131. The summed E-state index contributed by atoms with van der Waals surface area (Å²) in [5, 5.41) is 31.3. The van der Waals surface area contributed by atoms with Crippen LogP contribution in [0.5, 0.6) is 0 Å². The number of halogens is 1. The summed E-state index contributed by atoms with van der Waals surface area (Å²) in [5.41, 5.74) is -2.50. The third kappa shape index (κ3) is 3.36. The minimum Gasteiger partial charge on any atom is -0.396 e. The molecular formula is C27H44FNO4. The zero-order chi connectivity index (χ0) is 23.6. The van der Waals surface area contributed by atoms with Crippen molar-refractivity contribution in [1.82, 2.24) is 4.90 Å². The largest absolute Gasteiger partial charge is 0.396 e. The van der Waals surface area contributed by atoms with Gasteiger partial charge in [-0.1, -0.05) is 26.2 Å². The summed E-state index contributed by atoms with van der Waals surface area (Å²) in [6.07, 6.45) is 8.29. The van der Waals surface area contributed by atoms with Crippen molar-refractivity contribution in [2.45, 2.75) is 114 Å². The number of piperidine rings is 1. The van der Waals surface area contributed by atoms with E-state index in [4.69, 9.17) is 0 Å². The van der Waals surface area contributed by atoms with Crippen LogP contribution in [0.15, 0.2) is 0 Å². The number of likely N-dealkylation sites (tertiary alicyclic amines) is 1. The molecule has 1 amide bonds. The smallest absolute Gasteiger partial charge is 0.226 e. The molecule has 0 aromatic carbocycles. The first-order valence-corrected chi connectivity index (χ1v) is 13.6. The lowest BCUT2D eigenvalue weighted by atomic mass is 9.42. The Kier molecular flexibility index (Phi) is 6.14. The molecule has 3 N–H and O–H groups in total. The van der Waals surface area contributed by atoms with E-state index in [0.29, 0.717) is 38.0 Å². The van der Waals surface area contributed by atoms with Gasteiger partial charge in [0.15, 0.2) is 0 Å². The lowest BCUT2D eigenvalue weighted by molar-refractivity contribution is -0.250. The molecule has 188 valence electrons. The average Bonchev–Trinajstić information content (AvgIpc) is 2.82. The predicted octanol–water partition coefficient (Wildman–Crippen LogP) is 3.83. The maximum atomic E-state index is 17.4. The summed E-state index contributed by atoms with van der Waals surface area (Å²) in [7, 11) is 0. The predicted molar refractivity (Wildman–Crippen MR) is 124 cm³/mol. The lowest BCUT2D eigenvalue weighted by Crippen LogP contribution is -2.72. The summed E-state index contributed by atoms with van der Waals surface area (Å²) in [5.74, 6) is -0.334. The Labute approximate surface area is 198 Å². The molecule has 0 radical (unpaired) electrons. The Morgan fingerprint density at radius 1 is 0.909 bits per heavy atom. The molecule has 5 nitrogen and oxygen atoms in total. The van der Waals surface area contributed by atoms with E-state index in [1.165, 1.54) is 6.42 Å². The van der Waals surface area contributed by atoms with Crippen LogP contribution in [0.3, 0.4) is 0 Å². The highest BCUT2D eigenvalue weighted by Crippen LogP contribution is 2.67. The SMILES string of the molecule is CC12C[C@@H](CO)[C@H](O)[C@H](O)C1CCC1[C@@H]3CCCN(C(=O)C4CCCCC4)[C@@]3(C)CC[C@@]12F. The maximum absolute atomic E-state index is 17.4. The normalized spacial score (nSPS) is 50.8. The van der Waals surface area contributed by atoms with Gasteiger partial charge in [-0.05, 0) is 82.5 Å². The molecule has 4 saturated carbocycles. The fourth-order valence-corrected chi connectivity index (χ4v) is 9.41. The highest BCUT2D eigenvalue weighted by molar-refractivity contribution is 5.80. The van der Waals surface area contributed by atoms with E-state index >= 15 is 4.39 Å². The first kappa shape index (κ1) is 24.0. The number of amides is 1. The number of alkyl halides is 1. The number of fused-ring (bicyclic) bond motifs is 5. The first-order valence-electron chi connectivity index (χ1n) is 13.6. The number of aliphatic hydroxyl groups is 3. The topological polar surface area (TPSA) is 81.0 Å². The molecule has 1 saturated heterocycles. The van der Waals surface area contributed by atoms with Crippen LogP contribution in [-0.2, 0) is 4.79 Å². The molecule has 1 aliphatic heterocycles. The third-order valence-electron chi connectivity index (χ3n) is 11.3. The zero-order valence-corrected chi connectivity index (χ0v) is 20.5. The Morgan fingerprint density at radius 2 is 1.61 bits per heavy atom. The van der Waals surface area contributed by atoms with Gasteiger partial charge >= 0.3 is 0 Å². The highest BCUT2D eigenvalue weighted by atomic mass is 19.1. The summed E-state index contributed by atoms with van der Waals surface area (Å²) in [6, 6.07) is 0. The average molecular weight is 466 g/mol. The third-order valence-corrected chi connectivity index (χ3v) is 11.3. The van der Waals surface area contributed by atoms with Crippen molar-refractivity contribution in [3.05, 3.63) is 0 Å². The van der Waals surface area contributed by atoms with Crippen molar-refractivity contribution >= 4 is 5.91 Å². The minimum atomic E-state index is -1.44. The van der Waals surface area contributed by atoms with E-state index in [1.54, 1.807) is 0 Å². The van der Waals surface area contributed by atoms with Crippen LogP contribution in [-0.4, -0.2) is 62.7 Å². The standard InChI is InChI=1S/C27H44FNO4/c1-25-15-18(16-30)22(31)23(32)21(25)11-10-20-19-9-6-14-29(24(33)17-7-4-3-5-8-17)26(19,2)12-13-27(20,25)28/h17-23,30-32H,3-16H2,1-2H3/t18-,19-,20?,21?,22-,23+,25?,26-,27+/m0/s1. The molecule has 0 spiro atoms. The van der Waals surface area contributed by atoms with Gasteiger partial charge in [0.1, 0.15) is 5.67 Å². The van der Waals surface area contributed by atoms with Crippen LogP contribution in [0.4, 0.5) is 4.39 Å². The van der Waals surface area contributed by atoms with Crippen molar-refractivity contribution in [1.29, 1.82) is 0 Å². The highest BCUT2D eigenvalue weighted by Gasteiger charge is 2.70. The van der Waals surface area contributed by atoms with E-state index in [9.17, 15) is 20.1 Å². The van der Waals surface area contributed by atoms with E-state index < -0.39 is 29.2 Å². The summed E-state index contributed by atoms with van der Waals surface area (Å²) in [6.45, 7) is 4.76. The van der Waals surface area contributed by atoms with E-state index in [-0.39, 0.29) is 35.8 Å². The molecule has 9 atom stereocenters. The van der Waals surface area contributed by atoms with E-state index in [1.807, 2.05) is 6.92 Å². The van der Waals surface area contributed by atoms with Gasteiger partial charge in [0.25, 0.3) is 0 Å². The number of rotatable bonds is 2. The number of hydrogen-bond acceptors (Lipinski definition) is 4. The summed E-state index contributed by atoms with van der Waals surface area (Å²) < 4.78 is 17.4. The second-order valence-corrected chi connectivity index (χ2v) is 12.6. The Bertz CT molecular complexity index is 758. The van der Waals surface area contributed by atoms with Crippen molar-refractivity contribution in [3.8, 4) is 0 Å². The lowest BCUT2D eigenvalue weighted by Gasteiger charge is -2.67. The van der Waals surface area contributed by atoms with Crippen LogP contribution >= 0.6 is 0 Å². The van der Waals surface area contributed by atoms with Crippen molar-refractivity contribution in [2.75, 3.05) is 13.2 Å². The summed E-state index contributed by atoms with van der Waals surface area (Å²) >= 11 is 0. The van der Waals surface area contributed by atoms with Gasteiger partial charge in [-0.25, -0.2) is 4.39 Å². The number of carbonyl (C=O) groups is 1. The Morgan fingerprint density at radius 3 is 2.30 bits per heavy atom. The van der Waals surface area contributed by atoms with Crippen LogP contribution in [0.1, 0.15) is 90.9 Å². The number of nitrogens with zero attached hydrogens (tertiary/aromatic N) is 1. The first-order chi connectivity index (χ1) is 15.7. The molecule has 1 heterocycles. The van der Waals surface area contributed by atoms with Gasteiger partial charge in [-0.15, -0.1) is 0 Å². The Hall–Kier alpha value is -0.720. The van der Waals surface area contributed by atoms with E-state index in [2.05, 4.69) is 11.8 Å². The molecule has 5 rings (SSSR count). The fourth-order valence-electron chi connectivity index (χ4n) is 9.41. The Balaban J connectivity index is 1.45. The van der Waals surface area contributed by atoms with Crippen molar-refractivity contribution in [3.63, 3.8) is 0 Å². The number of hydrogen-bond donors (Lipinski definition) is 3. The van der Waals surface area contributed by atoms with Gasteiger partial charge in [0.2, 0.25) is 5.91 Å². The van der Waals surface area contributed by atoms with Crippen LogP contribution < -0.4 is 0 Å². The van der Waals surface area contributed by atoms with Gasteiger partial charge in [-0.3, -0.25) is 4.79 Å². The maximum Gasteiger partial charge on any atom is 0.226 e. The molecule has 33 heavy (non-hydrogen) atoms. The molecule has 0 bridgehead atoms. The van der Waals surface area contributed by atoms with Crippen LogP contribution in [0.25, 0.3) is 0 Å². The van der Waals surface area contributed by atoms with Crippen molar-refractivity contribution in [2.24, 2.45) is 35.0 Å². The molecule has 5 fully saturated rings. The van der Waals surface area contributed by atoms with Crippen LogP contribution in [0, 0.1) is 35.0 Å². The van der Waals surface area contributed by atoms with Gasteiger partial charge in [-0.2, -0.15) is 0 Å². The number of carbonyl (C=O) groups excluding carboxylic acids is 1. The molecule has 6 heteroatoms. The molecule has 0 aromatic heterocycles. The second kappa shape index (κ2) is 8.44. The monoisotopic (exact) mass is 465 g/mol. The quantitative estimate of drug-likeness (QED) is 0.579. The molecule has 0 aromatic rings. The van der Waals surface area contributed by atoms with Crippen LogP contribution in [0.2, 0.25) is 0 Å². The molecule has 4 aliphatic carbocycles. The molecule has 3 unspecified atom stereocenters. The summed E-state index contributed by atoms with van der Waals surface area (Å²) in [4.78, 5) is 15.8. The van der Waals surface area contributed by atoms with Gasteiger partial charge in [0, 0.05) is 35.9 Å². The fraction of sp³-hybridized carbons (Fsp3) is 0.963. The van der Waals surface area contributed by atoms with E-state index in [0.717, 1.165) is 45.1 Å². The zero-order valence-electron chi connectivity index (χ0n) is 20.5.